The molecule has 0 aliphatic heterocycles. The fraction of sp³-hybridized carbons (Fsp3) is 0.0816. The van der Waals surface area contributed by atoms with E-state index in [-0.39, 0.29) is 53.0 Å². The van der Waals surface area contributed by atoms with Crippen LogP contribution >= 0.6 is 0 Å². The summed E-state index contributed by atoms with van der Waals surface area (Å²) >= 11 is 0. The molecule has 0 atom stereocenters. The lowest BCUT2D eigenvalue weighted by atomic mass is 10.2. The van der Waals surface area contributed by atoms with Crippen LogP contribution in [-0.2, 0) is 11.3 Å². The van der Waals surface area contributed by atoms with Crippen molar-refractivity contribution in [3.63, 3.8) is 0 Å². The van der Waals surface area contributed by atoms with Gasteiger partial charge in [-0.05, 0) is 72.3 Å². The highest BCUT2D eigenvalue weighted by molar-refractivity contribution is 6.04. The number of phenols is 3. The van der Waals surface area contributed by atoms with E-state index in [4.69, 9.17) is 14.6 Å². The Labute approximate surface area is 434 Å². The molecule has 1 aromatic heterocycles. The Morgan fingerprint density at radius 2 is 0.831 bits per heavy atom. The number of carbonyl (C=O) groups excluding carboxylic acids is 4. The van der Waals surface area contributed by atoms with Gasteiger partial charge in [-0.15, -0.1) is 0 Å². The number of aromatic nitrogens is 1. The number of nitro groups is 3. The Bertz CT molecular complexity index is 3240. The van der Waals surface area contributed by atoms with Gasteiger partial charge in [-0.3, -0.25) is 40.6 Å². The van der Waals surface area contributed by atoms with Crippen molar-refractivity contribution in [2.45, 2.75) is 6.61 Å². The maximum Gasteiger partial charge on any atom is 0.411 e. The number of methoxy groups -OCH3 is 1. The van der Waals surface area contributed by atoms with Crippen LogP contribution in [0.3, 0.4) is 0 Å². The van der Waals surface area contributed by atoms with Crippen LogP contribution in [0.15, 0.2) is 152 Å². The molecular formula is C49H45N11O17. The predicted molar refractivity (Wildman–Crippen MR) is 279 cm³/mol. The molecule has 0 aliphatic carbocycles. The van der Waals surface area contributed by atoms with Gasteiger partial charge in [0.15, 0.2) is 0 Å². The van der Waals surface area contributed by atoms with Gasteiger partial charge in [0.2, 0.25) is 0 Å². The number of hydrogen-bond donors (Lipinski definition) is 11. The van der Waals surface area contributed by atoms with E-state index in [1.165, 1.54) is 31.4 Å². The first-order valence-electron chi connectivity index (χ1n) is 22.0. The molecule has 7 rings (SSSR count). The summed E-state index contributed by atoms with van der Waals surface area (Å²) in [6.45, 7) is 0.201. The number of ether oxygens (including phenoxy) is 3. The molecule has 1 heterocycles. The third kappa shape index (κ3) is 17.8. The van der Waals surface area contributed by atoms with Crippen molar-refractivity contribution in [3.05, 3.63) is 188 Å². The second-order valence-electron chi connectivity index (χ2n) is 15.0. The average molecular weight is 1060 g/mol. The summed E-state index contributed by atoms with van der Waals surface area (Å²) in [5, 5.41) is 87.3. The Kier molecular flexibility index (Phi) is 20.7. The summed E-state index contributed by atoms with van der Waals surface area (Å²) in [7, 11) is 1.20. The number of urea groups is 3. The van der Waals surface area contributed by atoms with Gasteiger partial charge in [0.05, 0.1) is 86.5 Å². The summed E-state index contributed by atoms with van der Waals surface area (Å²) in [5.74, 6) is -0.460. The van der Waals surface area contributed by atoms with E-state index >= 15 is 0 Å². The van der Waals surface area contributed by atoms with E-state index in [2.05, 4.69) is 46.9 Å². The number of pyridine rings is 1. The van der Waals surface area contributed by atoms with Gasteiger partial charge in [0.1, 0.15) is 42.0 Å². The van der Waals surface area contributed by atoms with Crippen molar-refractivity contribution in [3.8, 4) is 28.7 Å². The van der Waals surface area contributed by atoms with Crippen LogP contribution in [0.4, 0.5) is 76.1 Å². The van der Waals surface area contributed by atoms with Crippen LogP contribution in [0.25, 0.3) is 0 Å². The normalized spacial score (nSPS) is 10.0. The van der Waals surface area contributed by atoms with Crippen LogP contribution in [0.5, 0.6) is 28.7 Å². The molecule has 28 nitrogen and oxygen atoms in total. The Morgan fingerprint density at radius 3 is 1.21 bits per heavy atom. The largest absolute Gasteiger partial charge is 0.506 e. The van der Waals surface area contributed by atoms with Gasteiger partial charge in [-0.1, -0.05) is 36.4 Å². The first-order chi connectivity index (χ1) is 36.9. The molecule has 0 bridgehead atoms. The zero-order valence-electron chi connectivity index (χ0n) is 39.9. The number of rotatable bonds is 16. The number of aliphatic hydroxyl groups excluding tert-OH is 1. The number of phenolic OH excluding ortho intramolecular Hbond substituents is 3. The standard InChI is InChI=1S/C19H16N4O5.C15H14N4O6.C15H15N3O6/c24-17-11-14(23(26)27)5-6-15(17)21-19(25)22-16-3-1-2-4-18(16)28-12-13-7-9-20-10-8-13;1-25-15(22)18-11-5-3-2-4-10(11)16-14(21)17-12-7-6-9(19(23)24)8-13(12)20;19-7-8-24-14-4-2-1-3-12(14)17-15(21)16-11-6-5-10(18(22)23)9-13(11)20/h1-11,24H,12H2,(H2,21,22,25);2-8,20H,1H3,(H,18,22)(H2,16,17,21);1-6,9,19-20H,7-8H2,(H2,16,17,21). The zero-order chi connectivity index (χ0) is 55.9. The van der Waals surface area contributed by atoms with E-state index in [1.807, 2.05) is 12.1 Å². The monoisotopic (exact) mass is 1060 g/mol. The summed E-state index contributed by atoms with van der Waals surface area (Å²) < 4.78 is 15.5. The number of carbonyl (C=O) groups is 4. The summed E-state index contributed by atoms with van der Waals surface area (Å²) in [5.41, 5.74) is 1.47. The second-order valence-corrected chi connectivity index (χ2v) is 15.0. The molecular weight excluding hydrogens is 1010 g/mol. The van der Waals surface area contributed by atoms with Crippen molar-refractivity contribution in [2.24, 2.45) is 0 Å². The number of nitro benzene ring substituents is 3. The zero-order valence-corrected chi connectivity index (χ0v) is 39.9. The first kappa shape index (κ1) is 56.6. The van der Waals surface area contributed by atoms with E-state index in [0.29, 0.717) is 35.2 Å². The number of aliphatic hydroxyl groups is 1. The summed E-state index contributed by atoms with van der Waals surface area (Å²) in [6.07, 6.45) is 2.61. The SMILES string of the molecule is COC(=O)Nc1ccccc1NC(=O)Nc1ccc([N+](=O)[O-])cc1O.O=C(Nc1ccc([N+](=O)[O-])cc1O)Nc1ccccc1OCCO.O=C(Nc1ccc([N+](=O)[O-])cc1O)Nc1ccccc1OCc1ccncc1. The minimum Gasteiger partial charge on any atom is -0.506 e. The van der Waals surface area contributed by atoms with Crippen molar-refractivity contribution in [1.29, 1.82) is 0 Å². The second kappa shape index (κ2) is 28.1. The van der Waals surface area contributed by atoms with Crippen molar-refractivity contribution < 1.29 is 68.6 Å². The van der Waals surface area contributed by atoms with Crippen LogP contribution in [-0.4, -0.2) is 84.7 Å². The molecule has 6 aromatic carbocycles. The van der Waals surface area contributed by atoms with E-state index in [9.17, 15) is 64.8 Å². The number of amides is 7. The molecule has 0 spiro atoms. The quantitative estimate of drug-likeness (QED) is 0.0244. The topological polar surface area (TPSA) is 403 Å². The minimum atomic E-state index is -0.719. The Balaban J connectivity index is 0.000000214. The number of nitrogens with zero attached hydrogens (tertiary/aromatic N) is 4. The first-order valence-corrected chi connectivity index (χ1v) is 22.0. The molecule has 77 heavy (non-hydrogen) atoms. The van der Waals surface area contributed by atoms with Crippen molar-refractivity contribution in [2.75, 3.05) is 57.5 Å². The lowest BCUT2D eigenvalue weighted by molar-refractivity contribution is -0.385. The molecule has 0 fully saturated rings. The molecule has 0 aliphatic rings. The summed E-state index contributed by atoms with van der Waals surface area (Å²) in [4.78, 5) is 81.5. The van der Waals surface area contributed by atoms with E-state index in [1.54, 1.807) is 85.2 Å². The van der Waals surface area contributed by atoms with E-state index in [0.717, 1.165) is 35.9 Å². The van der Waals surface area contributed by atoms with Crippen LogP contribution in [0.2, 0.25) is 0 Å². The maximum absolute atomic E-state index is 12.2. The van der Waals surface area contributed by atoms with Gasteiger partial charge in [-0.25, -0.2) is 19.2 Å². The van der Waals surface area contributed by atoms with Gasteiger partial charge in [0.25, 0.3) is 17.1 Å². The predicted octanol–water partition coefficient (Wildman–Crippen LogP) is 9.36. The molecule has 0 saturated carbocycles. The fourth-order valence-corrected chi connectivity index (χ4v) is 6.09. The highest BCUT2D eigenvalue weighted by Gasteiger charge is 2.17. The smallest absolute Gasteiger partial charge is 0.411 e. The van der Waals surface area contributed by atoms with Crippen molar-refractivity contribution >= 4 is 81.1 Å². The molecule has 0 saturated heterocycles. The molecule has 28 heteroatoms. The van der Waals surface area contributed by atoms with Gasteiger partial charge < -0.3 is 66.5 Å². The number of anilines is 7. The van der Waals surface area contributed by atoms with Gasteiger partial charge in [-0.2, -0.15) is 0 Å². The Hall–Kier alpha value is -11.3. The average Bonchev–Trinajstić information content (AvgIpc) is 3.41. The van der Waals surface area contributed by atoms with Crippen LogP contribution in [0, 0.1) is 30.3 Å². The fourth-order valence-electron chi connectivity index (χ4n) is 6.09. The Morgan fingerprint density at radius 1 is 0.481 bits per heavy atom. The molecule has 7 amide bonds. The number of nitrogens with one attached hydrogen (secondary N) is 7. The minimum absolute atomic E-state index is 0.0125. The third-order valence-corrected chi connectivity index (χ3v) is 9.68. The lowest BCUT2D eigenvalue weighted by Gasteiger charge is -2.13. The van der Waals surface area contributed by atoms with Crippen molar-refractivity contribution in [1.82, 2.24) is 4.98 Å². The number of non-ortho nitro benzene ring substituents is 3. The number of aromatic hydroxyl groups is 3. The summed E-state index contributed by atoms with van der Waals surface area (Å²) in [6, 6.07) is 31.5. The number of benzene rings is 6. The lowest BCUT2D eigenvalue weighted by Crippen LogP contribution is -2.21. The molecule has 11 N–H and O–H groups in total. The van der Waals surface area contributed by atoms with Gasteiger partial charge in [0, 0.05) is 30.6 Å². The highest BCUT2D eigenvalue weighted by atomic mass is 16.6. The van der Waals surface area contributed by atoms with E-state index < -0.39 is 56.2 Å². The molecule has 0 radical (unpaired) electrons. The third-order valence-electron chi connectivity index (χ3n) is 9.68. The maximum atomic E-state index is 12.2. The van der Waals surface area contributed by atoms with Crippen LogP contribution < -0.4 is 46.7 Å². The number of para-hydroxylation sites is 6. The molecule has 0 unspecified atom stereocenters. The molecule has 398 valence electrons. The highest BCUT2D eigenvalue weighted by Crippen LogP contribution is 2.32. The molecule has 7 aromatic rings. The van der Waals surface area contributed by atoms with Gasteiger partial charge >= 0.3 is 24.2 Å². The number of hydrogen-bond acceptors (Lipinski definition) is 18. The van der Waals surface area contributed by atoms with Crippen LogP contribution in [0.1, 0.15) is 5.56 Å².